The van der Waals surface area contributed by atoms with Gasteiger partial charge in [0.05, 0.1) is 16.0 Å². The number of pyridine rings is 1. The average molecular weight is 308 g/mol. The molecule has 4 rings (SSSR count). The van der Waals surface area contributed by atoms with Gasteiger partial charge in [-0.05, 0) is 36.6 Å². The fourth-order valence-corrected chi connectivity index (χ4v) is 2.79. The van der Waals surface area contributed by atoms with E-state index < -0.39 is 4.92 Å². The summed E-state index contributed by atoms with van der Waals surface area (Å²) in [6.07, 6.45) is 0. The van der Waals surface area contributed by atoms with Crippen molar-refractivity contribution in [3.8, 4) is 22.8 Å². The minimum atomic E-state index is -0.416. The van der Waals surface area contributed by atoms with Gasteiger partial charge in [-0.25, -0.2) is 0 Å². The Morgan fingerprint density at radius 3 is 2.65 bits per heavy atom. The second kappa shape index (κ2) is 4.95. The van der Waals surface area contributed by atoms with Crippen molar-refractivity contribution >= 4 is 16.5 Å². The van der Waals surface area contributed by atoms with Crippen molar-refractivity contribution in [1.82, 2.24) is 4.98 Å². The van der Waals surface area contributed by atoms with E-state index in [9.17, 15) is 10.1 Å². The molecule has 3 aromatic rings. The van der Waals surface area contributed by atoms with Crippen LogP contribution in [0.2, 0.25) is 0 Å². The van der Waals surface area contributed by atoms with E-state index in [2.05, 4.69) is 4.98 Å². The molecule has 0 radical (unpaired) electrons. The molecule has 0 N–H and O–H groups in total. The molecule has 23 heavy (non-hydrogen) atoms. The topological polar surface area (TPSA) is 74.5 Å². The maximum atomic E-state index is 10.8. The number of nitro benzene ring substituents is 1. The number of benzene rings is 2. The van der Waals surface area contributed by atoms with Gasteiger partial charge in [0.25, 0.3) is 5.69 Å². The first-order valence-corrected chi connectivity index (χ1v) is 7.08. The number of fused-ring (bicyclic) bond motifs is 3. The van der Waals surface area contributed by atoms with Crippen LogP contribution in [0.25, 0.3) is 22.0 Å². The predicted octanol–water partition coefficient (Wildman–Crippen LogP) is 3.85. The van der Waals surface area contributed by atoms with E-state index in [1.54, 1.807) is 12.1 Å². The van der Waals surface area contributed by atoms with E-state index >= 15 is 0 Å². The molecule has 114 valence electrons. The highest BCUT2D eigenvalue weighted by Gasteiger charge is 2.21. The molecule has 2 aromatic carbocycles. The quantitative estimate of drug-likeness (QED) is 0.531. The Bertz CT molecular complexity index is 935. The number of hydrogen-bond donors (Lipinski definition) is 0. The second-order valence-corrected chi connectivity index (χ2v) is 5.31. The third kappa shape index (κ3) is 2.15. The van der Waals surface area contributed by atoms with Gasteiger partial charge in [-0.3, -0.25) is 15.1 Å². The molecule has 0 saturated heterocycles. The summed E-state index contributed by atoms with van der Waals surface area (Å²) in [6.45, 7) is 2.10. The normalized spacial score (nSPS) is 12.6. The largest absolute Gasteiger partial charge is 0.454 e. The van der Waals surface area contributed by atoms with E-state index in [4.69, 9.17) is 9.47 Å². The third-order valence-electron chi connectivity index (χ3n) is 3.81. The summed E-state index contributed by atoms with van der Waals surface area (Å²) in [5.41, 5.74) is 2.45. The number of nitro groups is 1. The van der Waals surface area contributed by atoms with Crippen molar-refractivity contribution in [3.05, 3.63) is 58.3 Å². The molecule has 6 nitrogen and oxygen atoms in total. The van der Waals surface area contributed by atoms with Gasteiger partial charge >= 0.3 is 0 Å². The van der Waals surface area contributed by atoms with Crippen molar-refractivity contribution < 1.29 is 14.4 Å². The Hall–Kier alpha value is -3.15. The van der Waals surface area contributed by atoms with Crippen LogP contribution in [0.4, 0.5) is 5.69 Å². The Balaban J connectivity index is 1.98. The summed E-state index contributed by atoms with van der Waals surface area (Å²) in [4.78, 5) is 15.0. The summed E-state index contributed by atoms with van der Waals surface area (Å²) >= 11 is 0. The van der Waals surface area contributed by atoms with Crippen LogP contribution in [0.5, 0.6) is 11.5 Å². The molecule has 0 spiro atoms. The lowest BCUT2D eigenvalue weighted by Gasteiger charge is -2.10. The van der Waals surface area contributed by atoms with Gasteiger partial charge in [0.15, 0.2) is 11.5 Å². The van der Waals surface area contributed by atoms with Crippen molar-refractivity contribution in [2.45, 2.75) is 6.92 Å². The number of nitrogens with zero attached hydrogens (tertiary/aromatic N) is 2. The highest BCUT2D eigenvalue weighted by Crippen LogP contribution is 2.43. The van der Waals surface area contributed by atoms with E-state index in [1.165, 1.54) is 12.1 Å². The monoisotopic (exact) mass is 308 g/mol. The zero-order valence-electron chi connectivity index (χ0n) is 12.3. The van der Waals surface area contributed by atoms with Gasteiger partial charge in [0.2, 0.25) is 6.79 Å². The first kappa shape index (κ1) is 13.5. The zero-order valence-corrected chi connectivity index (χ0v) is 12.3. The highest BCUT2D eigenvalue weighted by molar-refractivity contribution is 6.01. The second-order valence-electron chi connectivity index (χ2n) is 5.31. The van der Waals surface area contributed by atoms with Crippen molar-refractivity contribution in [2.24, 2.45) is 0 Å². The standard InChI is InChI=1S/C17H12N2O4/c1-10-8-12-4-7-14-17(23-9-22-14)15(12)16(18-10)11-2-5-13(6-3-11)19(20)21/h2-8H,9H2,1H3. The van der Waals surface area contributed by atoms with Crippen LogP contribution in [0.3, 0.4) is 0 Å². The molecule has 1 aliphatic heterocycles. The molecule has 1 aliphatic rings. The summed E-state index contributed by atoms with van der Waals surface area (Å²) < 4.78 is 11.0. The minimum Gasteiger partial charge on any atom is -0.454 e. The number of aryl methyl sites for hydroxylation is 1. The Kier molecular flexibility index (Phi) is 2.90. The molecular formula is C17H12N2O4. The fourth-order valence-electron chi connectivity index (χ4n) is 2.79. The van der Waals surface area contributed by atoms with Gasteiger partial charge < -0.3 is 9.47 Å². The van der Waals surface area contributed by atoms with E-state index in [0.29, 0.717) is 11.5 Å². The van der Waals surface area contributed by atoms with Crippen LogP contribution in [-0.4, -0.2) is 16.7 Å². The number of ether oxygens (including phenoxy) is 2. The lowest BCUT2D eigenvalue weighted by molar-refractivity contribution is -0.384. The maximum absolute atomic E-state index is 10.8. The Morgan fingerprint density at radius 2 is 1.91 bits per heavy atom. The zero-order chi connectivity index (χ0) is 16.0. The minimum absolute atomic E-state index is 0.0514. The average Bonchev–Trinajstić information content (AvgIpc) is 3.02. The van der Waals surface area contributed by atoms with E-state index in [-0.39, 0.29) is 12.5 Å². The predicted molar refractivity (Wildman–Crippen MR) is 84.7 cm³/mol. The van der Waals surface area contributed by atoms with Crippen LogP contribution in [0.1, 0.15) is 5.69 Å². The maximum Gasteiger partial charge on any atom is 0.269 e. The summed E-state index contributed by atoms with van der Waals surface area (Å²) in [6, 6.07) is 12.2. The summed E-state index contributed by atoms with van der Waals surface area (Å²) in [7, 11) is 0. The molecule has 0 aliphatic carbocycles. The van der Waals surface area contributed by atoms with Crippen LogP contribution in [-0.2, 0) is 0 Å². The molecule has 0 amide bonds. The van der Waals surface area contributed by atoms with Gasteiger partial charge in [0.1, 0.15) is 0 Å². The van der Waals surface area contributed by atoms with E-state index in [0.717, 1.165) is 27.7 Å². The highest BCUT2D eigenvalue weighted by atomic mass is 16.7. The number of aromatic nitrogens is 1. The van der Waals surface area contributed by atoms with Gasteiger partial charge in [-0.2, -0.15) is 0 Å². The van der Waals surface area contributed by atoms with Crippen molar-refractivity contribution in [1.29, 1.82) is 0 Å². The van der Waals surface area contributed by atoms with Crippen molar-refractivity contribution in [3.63, 3.8) is 0 Å². The molecule has 2 heterocycles. The molecule has 1 aromatic heterocycles. The third-order valence-corrected chi connectivity index (χ3v) is 3.81. The van der Waals surface area contributed by atoms with Crippen molar-refractivity contribution in [2.75, 3.05) is 6.79 Å². The summed E-state index contributed by atoms with van der Waals surface area (Å²) in [5.74, 6) is 1.36. The number of hydrogen-bond acceptors (Lipinski definition) is 5. The molecule has 0 fully saturated rings. The molecule has 0 atom stereocenters. The molecular weight excluding hydrogens is 296 g/mol. The Morgan fingerprint density at radius 1 is 1.13 bits per heavy atom. The van der Waals surface area contributed by atoms with Crippen LogP contribution >= 0.6 is 0 Å². The smallest absolute Gasteiger partial charge is 0.269 e. The van der Waals surface area contributed by atoms with Crippen LogP contribution in [0, 0.1) is 17.0 Å². The fraction of sp³-hybridized carbons (Fsp3) is 0.118. The molecule has 0 saturated carbocycles. The van der Waals surface area contributed by atoms with Gasteiger partial charge in [-0.15, -0.1) is 0 Å². The first-order chi connectivity index (χ1) is 11.1. The first-order valence-electron chi connectivity index (χ1n) is 7.08. The summed E-state index contributed by atoms with van der Waals surface area (Å²) in [5, 5.41) is 12.7. The lowest BCUT2D eigenvalue weighted by atomic mass is 10.0. The molecule has 6 heteroatoms. The lowest BCUT2D eigenvalue weighted by Crippen LogP contribution is -1.95. The van der Waals surface area contributed by atoms with Crippen LogP contribution < -0.4 is 9.47 Å². The SMILES string of the molecule is Cc1cc2ccc3c(c2c(-c2ccc([N+](=O)[O-])cc2)n1)OCO3. The number of rotatable bonds is 2. The Labute approximate surface area is 131 Å². The number of non-ortho nitro benzene ring substituents is 1. The van der Waals surface area contributed by atoms with Crippen LogP contribution in [0.15, 0.2) is 42.5 Å². The molecule has 0 unspecified atom stereocenters. The van der Waals surface area contributed by atoms with Gasteiger partial charge in [0, 0.05) is 23.4 Å². The van der Waals surface area contributed by atoms with E-state index in [1.807, 2.05) is 25.1 Å². The molecule has 0 bridgehead atoms. The van der Waals surface area contributed by atoms with Gasteiger partial charge in [-0.1, -0.05) is 6.07 Å².